The Morgan fingerprint density at radius 1 is 1.47 bits per heavy atom. The molecule has 3 nitrogen and oxygen atoms in total. The van der Waals surface area contributed by atoms with Crippen LogP contribution < -0.4 is 10.5 Å². The van der Waals surface area contributed by atoms with Gasteiger partial charge in [0, 0.05) is 0 Å². The van der Waals surface area contributed by atoms with Crippen LogP contribution in [0.1, 0.15) is 36.5 Å². The van der Waals surface area contributed by atoms with E-state index in [4.69, 9.17) is 10.5 Å². The van der Waals surface area contributed by atoms with Crippen molar-refractivity contribution in [1.29, 1.82) is 0 Å². The maximum Gasteiger partial charge on any atom is 0.192 e. The van der Waals surface area contributed by atoms with Gasteiger partial charge in [-0.25, -0.2) is 0 Å². The summed E-state index contributed by atoms with van der Waals surface area (Å²) >= 11 is 0. The molecule has 0 saturated carbocycles. The van der Waals surface area contributed by atoms with Gasteiger partial charge in [-0.2, -0.15) is 0 Å². The number of hydrogen-bond donors (Lipinski definition) is 1. The summed E-state index contributed by atoms with van der Waals surface area (Å²) in [7, 11) is 0. The number of nitrogen functional groups attached to an aromatic ring is 1. The van der Waals surface area contributed by atoms with Crippen LogP contribution >= 0.6 is 0 Å². The van der Waals surface area contributed by atoms with Crippen LogP contribution in [0.3, 0.4) is 0 Å². The Balaban J connectivity index is 2.37. The number of carbonyl (C=O) groups excluding carboxylic acids is 1. The molecule has 0 amide bonds. The van der Waals surface area contributed by atoms with E-state index in [2.05, 4.69) is 0 Å². The number of para-hydroxylation sites is 1. The molecule has 0 radical (unpaired) electrons. The standard InChI is InChI=1S/C14H17NO2/c1-2-17-14-11(8-5-9-12(14)15)13(16)10-6-3-4-7-10/h5-6,8-9H,2-4,7,15H2,1H3. The summed E-state index contributed by atoms with van der Waals surface area (Å²) in [5.74, 6) is 0.575. The van der Waals surface area contributed by atoms with E-state index in [1.165, 1.54) is 0 Å². The largest absolute Gasteiger partial charge is 0.491 e. The molecule has 0 aromatic heterocycles. The SMILES string of the molecule is CCOc1c(N)cccc1C(=O)C1=CCCC1. The number of benzene rings is 1. The van der Waals surface area contributed by atoms with Gasteiger partial charge in [0.15, 0.2) is 11.5 Å². The van der Waals surface area contributed by atoms with E-state index in [1.807, 2.05) is 13.0 Å². The van der Waals surface area contributed by atoms with Crippen molar-refractivity contribution in [1.82, 2.24) is 0 Å². The quantitative estimate of drug-likeness (QED) is 0.640. The molecule has 0 heterocycles. The minimum absolute atomic E-state index is 0.0539. The third-order valence-electron chi connectivity index (χ3n) is 2.91. The summed E-state index contributed by atoms with van der Waals surface area (Å²) in [6.07, 6.45) is 4.93. The second-order valence-electron chi connectivity index (χ2n) is 4.11. The van der Waals surface area contributed by atoms with Crippen LogP contribution in [0.2, 0.25) is 0 Å². The first kappa shape index (κ1) is 11.7. The minimum atomic E-state index is 0.0539. The fourth-order valence-corrected chi connectivity index (χ4v) is 2.09. The van der Waals surface area contributed by atoms with Gasteiger partial charge < -0.3 is 10.5 Å². The third-order valence-corrected chi connectivity index (χ3v) is 2.91. The number of carbonyl (C=O) groups is 1. The van der Waals surface area contributed by atoms with Crippen LogP contribution in [0, 0.1) is 0 Å². The Bertz CT molecular complexity index is 463. The maximum absolute atomic E-state index is 12.3. The zero-order chi connectivity index (χ0) is 12.3. The summed E-state index contributed by atoms with van der Waals surface area (Å²) in [5, 5.41) is 0. The molecule has 0 unspecified atom stereocenters. The number of anilines is 1. The number of allylic oxidation sites excluding steroid dienone is 2. The predicted molar refractivity (Wildman–Crippen MR) is 68.3 cm³/mol. The Hall–Kier alpha value is -1.77. The van der Waals surface area contributed by atoms with Gasteiger partial charge >= 0.3 is 0 Å². The Morgan fingerprint density at radius 2 is 2.29 bits per heavy atom. The number of ketones is 1. The Labute approximate surface area is 101 Å². The molecule has 1 aliphatic carbocycles. The van der Waals surface area contributed by atoms with Crippen molar-refractivity contribution in [3.8, 4) is 5.75 Å². The highest BCUT2D eigenvalue weighted by atomic mass is 16.5. The Kier molecular flexibility index (Phi) is 3.47. The molecule has 2 N–H and O–H groups in total. The van der Waals surface area contributed by atoms with Crippen LogP contribution in [0.25, 0.3) is 0 Å². The molecular weight excluding hydrogens is 214 g/mol. The first-order valence-electron chi connectivity index (χ1n) is 5.99. The van der Waals surface area contributed by atoms with E-state index in [1.54, 1.807) is 18.2 Å². The van der Waals surface area contributed by atoms with Crippen LogP contribution in [0.15, 0.2) is 29.8 Å². The van der Waals surface area contributed by atoms with Crippen molar-refractivity contribution in [3.05, 3.63) is 35.4 Å². The molecule has 90 valence electrons. The van der Waals surface area contributed by atoms with E-state index in [0.717, 1.165) is 24.8 Å². The zero-order valence-electron chi connectivity index (χ0n) is 10.0. The van der Waals surface area contributed by atoms with Crippen molar-refractivity contribution >= 4 is 11.5 Å². The van der Waals surface area contributed by atoms with Gasteiger partial charge in [-0.05, 0) is 43.9 Å². The number of Topliss-reactive ketones (excluding diaryl/α,β-unsaturated/α-hetero) is 1. The number of rotatable bonds is 4. The lowest BCUT2D eigenvalue weighted by atomic mass is 10.0. The lowest BCUT2D eigenvalue weighted by Crippen LogP contribution is -2.07. The van der Waals surface area contributed by atoms with Crippen molar-refractivity contribution in [2.75, 3.05) is 12.3 Å². The summed E-state index contributed by atoms with van der Waals surface area (Å²) in [4.78, 5) is 12.3. The maximum atomic E-state index is 12.3. The van der Waals surface area contributed by atoms with E-state index >= 15 is 0 Å². The lowest BCUT2D eigenvalue weighted by Gasteiger charge is -2.12. The van der Waals surface area contributed by atoms with Gasteiger partial charge in [-0.1, -0.05) is 12.1 Å². The van der Waals surface area contributed by atoms with Crippen LogP contribution in [-0.2, 0) is 0 Å². The second-order valence-corrected chi connectivity index (χ2v) is 4.11. The number of hydrogen-bond acceptors (Lipinski definition) is 3. The fourth-order valence-electron chi connectivity index (χ4n) is 2.09. The molecule has 0 atom stereocenters. The predicted octanol–water partition coefficient (Wildman–Crippen LogP) is 2.96. The van der Waals surface area contributed by atoms with Crippen LogP contribution in [-0.4, -0.2) is 12.4 Å². The van der Waals surface area contributed by atoms with Crippen molar-refractivity contribution in [3.63, 3.8) is 0 Å². The third kappa shape index (κ3) is 2.33. The van der Waals surface area contributed by atoms with E-state index in [0.29, 0.717) is 23.6 Å². The molecule has 1 aromatic rings. The van der Waals surface area contributed by atoms with E-state index in [9.17, 15) is 4.79 Å². The molecule has 0 saturated heterocycles. The summed E-state index contributed by atoms with van der Waals surface area (Å²) < 4.78 is 5.48. The number of ether oxygens (including phenoxy) is 1. The first-order chi connectivity index (χ1) is 8.24. The van der Waals surface area contributed by atoms with E-state index < -0.39 is 0 Å². The number of nitrogens with two attached hydrogens (primary N) is 1. The van der Waals surface area contributed by atoms with Crippen molar-refractivity contribution in [2.45, 2.75) is 26.2 Å². The van der Waals surface area contributed by atoms with Gasteiger partial charge in [-0.3, -0.25) is 4.79 Å². The molecule has 0 fully saturated rings. The highest BCUT2D eigenvalue weighted by Gasteiger charge is 2.20. The smallest absolute Gasteiger partial charge is 0.192 e. The molecular formula is C14H17NO2. The van der Waals surface area contributed by atoms with Crippen LogP contribution in [0.5, 0.6) is 5.75 Å². The highest BCUT2D eigenvalue weighted by molar-refractivity contribution is 6.11. The normalized spacial score (nSPS) is 14.5. The zero-order valence-corrected chi connectivity index (χ0v) is 10.0. The average molecular weight is 231 g/mol. The van der Waals surface area contributed by atoms with Gasteiger partial charge in [0.1, 0.15) is 0 Å². The minimum Gasteiger partial charge on any atom is -0.491 e. The summed E-state index contributed by atoms with van der Waals surface area (Å²) in [6, 6.07) is 5.33. The van der Waals surface area contributed by atoms with Gasteiger partial charge in [0.05, 0.1) is 17.9 Å². The van der Waals surface area contributed by atoms with Crippen molar-refractivity contribution in [2.24, 2.45) is 0 Å². The molecule has 0 bridgehead atoms. The molecule has 1 aliphatic rings. The summed E-state index contributed by atoms with van der Waals surface area (Å²) in [6.45, 7) is 2.39. The molecule has 0 aliphatic heterocycles. The van der Waals surface area contributed by atoms with Crippen molar-refractivity contribution < 1.29 is 9.53 Å². The lowest BCUT2D eigenvalue weighted by molar-refractivity contribution is 0.102. The molecule has 1 aromatic carbocycles. The molecule has 0 spiro atoms. The fraction of sp³-hybridized carbons (Fsp3) is 0.357. The van der Waals surface area contributed by atoms with Gasteiger partial charge in [-0.15, -0.1) is 0 Å². The molecule has 3 heteroatoms. The first-order valence-corrected chi connectivity index (χ1v) is 5.99. The average Bonchev–Trinajstić information content (AvgIpc) is 2.85. The molecule has 17 heavy (non-hydrogen) atoms. The highest BCUT2D eigenvalue weighted by Crippen LogP contribution is 2.31. The monoisotopic (exact) mass is 231 g/mol. The van der Waals surface area contributed by atoms with E-state index in [-0.39, 0.29) is 5.78 Å². The molecule has 2 rings (SSSR count). The topological polar surface area (TPSA) is 52.3 Å². The second kappa shape index (κ2) is 5.04. The Morgan fingerprint density at radius 3 is 2.94 bits per heavy atom. The van der Waals surface area contributed by atoms with Gasteiger partial charge in [0.2, 0.25) is 0 Å². The van der Waals surface area contributed by atoms with Gasteiger partial charge in [0.25, 0.3) is 0 Å². The van der Waals surface area contributed by atoms with Crippen LogP contribution in [0.4, 0.5) is 5.69 Å². The summed E-state index contributed by atoms with van der Waals surface area (Å²) in [5.41, 5.74) is 7.84.